The van der Waals surface area contributed by atoms with Gasteiger partial charge in [0.2, 0.25) is 0 Å². The van der Waals surface area contributed by atoms with Crippen molar-refractivity contribution in [2.75, 3.05) is 0 Å². The first-order valence-corrected chi connectivity index (χ1v) is 6.35. The van der Waals surface area contributed by atoms with Gasteiger partial charge < -0.3 is 0 Å². The summed E-state index contributed by atoms with van der Waals surface area (Å²) in [5, 5.41) is 0. The van der Waals surface area contributed by atoms with Crippen LogP contribution in [0.15, 0.2) is 36.4 Å². The molecule has 0 amide bonds. The maximum Gasteiger partial charge on any atom is 2.00 e. The fourth-order valence-electron chi connectivity index (χ4n) is 1.52. The molecule has 1 aliphatic carbocycles. The predicted octanol–water partition coefficient (Wildman–Crippen LogP) is 5.88. The quantitative estimate of drug-likeness (QED) is 0.463. The number of halogens is 2. The summed E-state index contributed by atoms with van der Waals surface area (Å²) in [7, 11) is 0. The second-order valence-corrected chi connectivity index (χ2v) is 4.87. The Kier molecular flexibility index (Phi) is 17.4. The van der Waals surface area contributed by atoms with E-state index in [0.29, 0.717) is 11.8 Å². The van der Waals surface area contributed by atoms with Crippen molar-refractivity contribution in [3.8, 4) is 0 Å². The maximum atomic E-state index is 3.44. The van der Waals surface area contributed by atoms with Crippen molar-refractivity contribution in [1.29, 1.82) is 0 Å². The summed E-state index contributed by atoms with van der Waals surface area (Å²) in [5.41, 5.74) is 2.64. The molecule has 0 unspecified atom stereocenters. The zero-order valence-corrected chi connectivity index (χ0v) is 15.8. The van der Waals surface area contributed by atoms with Crippen LogP contribution < -0.4 is 0 Å². The van der Waals surface area contributed by atoms with Gasteiger partial charge in [-0.25, -0.2) is 12.2 Å². The molecule has 0 aliphatic heterocycles. The van der Waals surface area contributed by atoms with Crippen LogP contribution in [0.5, 0.6) is 0 Å². The Morgan fingerprint density at radius 1 is 0.950 bits per heavy atom. The molecule has 0 atom stereocenters. The number of benzene rings is 1. The Balaban J connectivity index is -0.000000312. The monoisotopic (exact) mass is 346 g/mol. The summed E-state index contributed by atoms with van der Waals surface area (Å²) >= 11 is 0. The Bertz CT molecular complexity index is 362. The van der Waals surface area contributed by atoms with Gasteiger partial charge in [0.25, 0.3) is 0 Å². The minimum absolute atomic E-state index is 0. The molecule has 0 nitrogen and oxygen atoms in total. The van der Waals surface area contributed by atoms with Crippen LogP contribution in [-0.4, -0.2) is 0 Å². The Hall–Kier alpha value is -0.00571. The van der Waals surface area contributed by atoms with Gasteiger partial charge in [-0.1, -0.05) is 27.7 Å². The molecule has 110 valence electrons. The molecule has 0 heterocycles. The van der Waals surface area contributed by atoms with E-state index < -0.39 is 0 Å². The fraction of sp³-hybridized carbons (Fsp3) is 0.412. The van der Waals surface area contributed by atoms with Gasteiger partial charge in [-0.15, -0.1) is 31.2 Å². The summed E-state index contributed by atoms with van der Waals surface area (Å²) in [6.45, 7) is 8.82. The number of rotatable bonds is 2. The van der Waals surface area contributed by atoms with E-state index in [1.54, 1.807) is 0 Å². The van der Waals surface area contributed by atoms with Crippen LogP contribution in [0.4, 0.5) is 0 Å². The van der Waals surface area contributed by atoms with Gasteiger partial charge in [0, 0.05) is 0 Å². The molecule has 3 heteroatoms. The topological polar surface area (TPSA) is 0 Å². The third-order valence-corrected chi connectivity index (χ3v) is 2.67. The Morgan fingerprint density at radius 3 is 1.70 bits per heavy atom. The Morgan fingerprint density at radius 2 is 1.45 bits per heavy atom. The van der Waals surface area contributed by atoms with Gasteiger partial charge in [0.05, 0.1) is 0 Å². The molecule has 0 N–H and O–H groups in total. The van der Waals surface area contributed by atoms with Crippen molar-refractivity contribution in [3.05, 3.63) is 59.7 Å². The summed E-state index contributed by atoms with van der Waals surface area (Å²) in [5.74, 6) is 1.17. The third-order valence-electron chi connectivity index (χ3n) is 2.67. The van der Waals surface area contributed by atoms with Crippen molar-refractivity contribution in [2.45, 2.75) is 46.0 Å². The standard InChI is InChI=1S/C12H17.C5H5.2ClH.Ti/c1-9(2)11-6-5-7-12(8-11)10(3)4;1-2-4-5-3-1;;;/h5-7,9-10H,1-4H3;1-3H,4H2;2*1H;/q2*-1;;;+2. The zero-order chi connectivity index (χ0) is 12.7. The van der Waals surface area contributed by atoms with Crippen molar-refractivity contribution in [1.82, 2.24) is 0 Å². The van der Waals surface area contributed by atoms with Crippen LogP contribution in [0.3, 0.4) is 0 Å². The van der Waals surface area contributed by atoms with E-state index in [0.717, 1.165) is 6.42 Å². The van der Waals surface area contributed by atoms with Crippen LogP contribution >= 0.6 is 24.8 Å². The van der Waals surface area contributed by atoms with Gasteiger partial charge in [0.15, 0.2) is 0 Å². The van der Waals surface area contributed by atoms with Gasteiger partial charge in [-0.05, 0) is 11.8 Å². The zero-order valence-electron chi connectivity index (χ0n) is 12.6. The normalized spacial score (nSPS) is 11.1. The average Bonchev–Trinajstić information content (AvgIpc) is 2.87. The minimum Gasteiger partial charge on any atom is -0.273 e. The first-order chi connectivity index (χ1) is 8.11. The molecule has 0 radical (unpaired) electrons. The van der Waals surface area contributed by atoms with Crippen LogP contribution in [-0.2, 0) is 21.7 Å². The van der Waals surface area contributed by atoms with E-state index in [4.69, 9.17) is 0 Å². The van der Waals surface area contributed by atoms with Crippen LogP contribution in [0.2, 0.25) is 0 Å². The largest absolute Gasteiger partial charge is 2.00 e. The number of hydrogen-bond donors (Lipinski definition) is 0. The van der Waals surface area contributed by atoms with Gasteiger partial charge in [-0.2, -0.15) is 41.5 Å². The average molecular weight is 347 g/mol. The molecule has 1 aromatic rings. The van der Waals surface area contributed by atoms with Crippen molar-refractivity contribution < 1.29 is 21.7 Å². The van der Waals surface area contributed by atoms with Crippen molar-refractivity contribution in [3.63, 3.8) is 0 Å². The minimum atomic E-state index is 0. The van der Waals surface area contributed by atoms with E-state index >= 15 is 0 Å². The smallest absolute Gasteiger partial charge is 0.273 e. The summed E-state index contributed by atoms with van der Waals surface area (Å²) in [6.07, 6.45) is 10.0. The van der Waals surface area contributed by atoms with E-state index in [-0.39, 0.29) is 46.5 Å². The summed E-state index contributed by atoms with van der Waals surface area (Å²) in [4.78, 5) is 0. The first-order valence-electron chi connectivity index (χ1n) is 6.35. The molecule has 1 aliphatic rings. The van der Waals surface area contributed by atoms with E-state index in [9.17, 15) is 0 Å². The van der Waals surface area contributed by atoms with E-state index in [2.05, 4.69) is 64.1 Å². The van der Waals surface area contributed by atoms with Crippen LogP contribution in [0.25, 0.3) is 0 Å². The fourth-order valence-corrected chi connectivity index (χ4v) is 1.52. The molecule has 0 spiro atoms. The number of allylic oxidation sites excluding steroid dienone is 4. The molecule has 1 aromatic carbocycles. The van der Waals surface area contributed by atoms with E-state index in [1.807, 2.05) is 12.2 Å². The molecular formula is C17H24Cl2Ti. The maximum absolute atomic E-state index is 3.44. The Labute approximate surface area is 151 Å². The molecular weight excluding hydrogens is 323 g/mol. The molecule has 0 aromatic heterocycles. The molecule has 2 rings (SSSR count). The van der Waals surface area contributed by atoms with Gasteiger partial charge in [-0.3, -0.25) is 6.08 Å². The first kappa shape index (κ1) is 25.0. The molecule has 0 fully saturated rings. The summed E-state index contributed by atoms with van der Waals surface area (Å²) < 4.78 is 0. The molecule has 0 bridgehead atoms. The second kappa shape index (κ2) is 14.0. The third kappa shape index (κ3) is 9.83. The van der Waals surface area contributed by atoms with Crippen molar-refractivity contribution >= 4 is 24.8 Å². The van der Waals surface area contributed by atoms with E-state index in [1.165, 1.54) is 11.1 Å². The second-order valence-electron chi connectivity index (χ2n) is 4.87. The van der Waals surface area contributed by atoms with Gasteiger partial charge in [0.1, 0.15) is 0 Å². The molecule has 0 saturated carbocycles. The predicted molar refractivity (Wildman–Crippen MR) is 89.5 cm³/mol. The van der Waals surface area contributed by atoms with Crippen LogP contribution in [0, 0.1) is 12.1 Å². The molecule has 0 saturated heterocycles. The molecule has 20 heavy (non-hydrogen) atoms. The van der Waals surface area contributed by atoms with Crippen molar-refractivity contribution in [2.24, 2.45) is 0 Å². The number of hydrogen-bond acceptors (Lipinski definition) is 0. The van der Waals surface area contributed by atoms with Gasteiger partial charge >= 0.3 is 21.7 Å². The summed E-state index contributed by atoms with van der Waals surface area (Å²) in [6, 6.07) is 9.87. The SMILES string of the molecule is CC(C)c1[c-]c(C(C)C)ccc1.Cl.Cl.[C-]1=CC=CC1.[Ti+2]. The van der Waals surface area contributed by atoms with Crippen LogP contribution in [0.1, 0.15) is 57.1 Å².